The van der Waals surface area contributed by atoms with Gasteiger partial charge in [0, 0.05) is 20.5 Å². The van der Waals surface area contributed by atoms with Gasteiger partial charge in [-0.05, 0) is 11.1 Å². The zero-order chi connectivity index (χ0) is 23.3. The van der Waals surface area contributed by atoms with Crippen LogP contribution in [0.15, 0.2) is 75.0 Å². The molecule has 0 aliphatic rings. The summed E-state index contributed by atoms with van der Waals surface area (Å²) in [4.78, 5) is 43.6. The van der Waals surface area contributed by atoms with E-state index in [0.29, 0.717) is 0 Å². The summed E-state index contributed by atoms with van der Waals surface area (Å²) in [5.74, 6) is -0.270. The summed E-state index contributed by atoms with van der Waals surface area (Å²) in [6.07, 6.45) is 0.169. The van der Waals surface area contributed by atoms with Crippen LogP contribution in [0.25, 0.3) is 16.9 Å². The van der Waals surface area contributed by atoms with Crippen molar-refractivity contribution in [2.75, 3.05) is 0 Å². The maximum absolute atomic E-state index is 13.6. The Morgan fingerprint density at radius 3 is 2.06 bits per heavy atom. The van der Waals surface area contributed by atoms with E-state index in [0.717, 1.165) is 15.7 Å². The van der Waals surface area contributed by atoms with Crippen molar-refractivity contribution in [3.63, 3.8) is 0 Å². The Morgan fingerprint density at radius 1 is 0.818 bits per heavy atom. The first kappa shape index (κ1) is 20.5. The summed E-state index contributed by atoms with van der Waals surface area (Å²) in [6.45, 7) is 0.183. The predicted molar refractivity (Wildman–Crippen MR) is 124 cm³/mol. The van der Waals surface area contributed by atoms with Crippen molar-refractivity contribution < 1.29 is 5.11 Å². The van der Waals surface area contributed by atoms with E-state index in [4.69, 9.17) is 0 Å². The van der Waals surface area contributed by atoms with Crippen LogP contribution in [0.5, 0.6) is 5.88 Å². The van der Waals surface area contributed by atoms with E-state index in [-0.39, 0.29) is 41.4 Å². The molecule has 1 N–H and O–H groups in total. The number of aryl methyl sites for hydroxylation is 1. The first-order valence-electron chi connectivity index (χ1n) is 10.4. The molecule has 0 atom stereocenters. The monoisotopic (exact) mass is 443 g/mol. The van der Waals surface area contributed by atoms with Crippen LogP contribution >= 0.6 is 0 Å². The Kier molecular flexibility index (Phi) is 4.74. The van der Waals surface area contributed by atoms with Gasteiger partial charge in [-0.1, -0.05) is 60.7 Å². The molecule has 0 spiro atoms. The molecule has 0 saturated carbocycles. The van der Waals surface area contributed by atoms with E-state index in [1.807, 2.05) is 60.7 Å². The highest BCUT2D eigenvalue weighted by Crippen LogP contribution is 2.23. The first-order chi connectivity index (χ1) is 15.9. The molecule has 9 heteroatoms. The lowest BCUT2D eigenvalue weighted by Crippen LogP contribution is -2.37. The average Bonchev–Trinajstić information content (AvgIpc) is 3.24. The van der Waals surface area contributed by atoms with Crippen LogP contribution in [0, 0.1) is 0 Å². The minimum atomic E-state index is -0.605. The summed E-state index contributed by atoms with van der Waals surface area (Å²) in [6, 6.07) is 18.7. The smallest absolute Gasteiger partial charge is 0.332 e. The second kappa shape index (κ2) is 7.63. The fraction of sp³-hybridized carbons (Fsp3) is 0.167. The van der Waals surface area contributed by atoms with Crippen molar-refractivity contribution in [2.45, 2.75) is 13.0 Å². The van der Waals surface area contributed by atoms with Crippen LogP contribution in [0.2, 0.25) is 0 Å². The third kappa shape index (κ3) is 3.16. The Bertz CT molecular complexity index is 1690. The van der Waals surface area contributed by atoms with E-state index in [1.54, 1.807) is 0 Å². The topological polar surface area (TPSA) is 104 Å². The zero-order valence-electron chi connectivity index (χ0n) is 18.1. The van der Waals surface area contributed by atoms with E-state index >= 15 is 0 Å². The van der Waals surface area contributed by atoms with Crippen molar-refractivity contribution >= 4 is 16.9 Å². The Hall–Kier alpha value is -4.40. The molecule has 0 fully saturated rings. The molecule has 0 aliphatic carbocycles. The van der Waals surface area contributed by atoms with Gasteiger partial charge < -0.3 is 5.11 Å². The Labute approximate surface area is 187 Å². The van der Waals surface area contributed by atoms with Gasteiger partial charge in [-0.3, -0.25) is 23.3 Å². The summed E-state index contributed by atoms with van der Waals surface area (Å²) in [7, 11) is 2.86. The molecule has 0 amide bonds. The number of hydrogen-bond donors (Lipinski definition) is 1. The Morgan fingerprint density at radius 2 is 1.42 bits per heavy atom. The van der Waals surface area contributed by atoms with Gasteiger partial charge in [-0.25, -0.2) is 9.20 Å². The minimum absolute atomic E-state index is 0.0308. The second-order valence-electron chi connectivity index (χ2n) is 7.97. The maximum Gasteiger partial charge on any atom is 0.332 e. The highest BCUT2D eigenvalue weighted by Gasteiger charge is 2.24. The predicted octanol–water partition coefficient (Wildman–Crippen LogP) is 1.39. The number of aromatic hydroxyl groups is 1. The molecular weight excluding hydrogens is 422 g/mol. The Balaban J connectivity index is 1.92. The van der Waals surface area contributed by atoms with Gasteiger partial charge >= 0.3 is 5.69 Å². The van der Waals surface area contributed by atoms with Gasteiger partial charge in [-0.2, -0.15) is 4.98 Å². The number of aromatic nitrogens is 5. The molecule has 0 aliphatic heterocycles. The summed E-state index contributed by atoms with van der Waals surface area (Å²) >= 11 is 0. The highest BCUT2D eigenvalue weighted by atomic mass is 16.3. The lowest BCUT2D eigenvalue weighted by Gasteiger charge is -2.13. The molecular formula is C24H21N5O4. The molecule has 0 radical (unpaired) electrons. The van der Waals surface area contributed by atoms with E-state index < -0.39 is 16.8 Å². The molecule has 5 aromatic rings. The third-order valence-electron chi connectivity index (χ3n) is 5.87. The molecule has 0 bridgehead atoms. The van der Waals surface area contributed by atoms with E-state index in [2.05, 4.69) is 4.98 Å². The maximum atomic E-state index is 13.6. The van der Waals surface area contributed by atoms with Crippen molar-refractivity contribution in [2.24, 2.45) is 14.1 Å². The molecule has 5 rings (SSSR count). The second-order valence-corrected chi connectivity index (χ2v) is 7.97. The molecule has 3 aromatic heterocycles. The molecule has 166 valence electrons. The standard InChI is InChI=1S/C24H21N5O4/c1-26-19-18(22(32)27(2)24(26)33)29-21(31)17(13-15-9-5-3-6-10-15)20(30)28(23(29)25-19)14-16-11-7-4-8-12-16/h3-12,31H,13-14H2,1-2H3. The largest absolute Gasteiger partial charge is 0.494 e. The first-order valence-corrected chi connectivity index (χ1v) is 10.4. The van der Waals surface area contributed by atoms with Crippen LogP contribution in [-0.2, 0) is 27.1 Å². The van der Waals surface area contributed by atoms with Crippen LogP contribution in [0.3, 0.4) is 0 Å². The van der Waals surface area contributed by atoms with Crippen molar-refractivity contribution in [1.82, 2.24) is 23.1 Å². The van der Waals surface area contributed by atoms with Crippen molar-refractivity contribution in [3.05, 3.63) is 109 Å². The van der Waals surface area contributed by atoms with Gasteiger partial charge in [0.25, 0.3) is 11.1 Å². The van der Waals surface area contributed by atoms with Gasteiger partial charge in [0.05, 0.1) is 12.1 Å². The van der Waals surface area contributed by atoms with Gasteiger partial charge in [0.15, 0.2) is 11.2 Å². The number of imidazole rings is 1. The fourth-order valence-corrected chi connectivity index (χ4v) is 4.11. The molecule has 3 heterocycles. The van der Waals surface area contributed by atoms with E-state index in [1.165, 1.54) is 27.6 Å². The minimum Gasteiger partial charge on any atom is -0.494 e. The van der Waals surface area contributed by atoms with Crippen LogP contribution in [-0.4, -0.2) is 28.2 Å². The molecule has 2 aromatic carbocycles. The third-order valence-corrected chi connectivity index (χ3v) is 5.87. The van der Waals surface area contributed by atoms with Gasteiger partial charge in [-0.15, -0.1) is 0 Å². The number of hydrogen-bond acceptors (Lipinski definition) is 5. The molecule has 9 nitrogen and oxygen atoms in total. The summed E-state index contributed by atoms with van der Waals surface area (Å²) in [5.41, 5.74) is 0.389. The average molecular weight is 443 g/mol. The van der Waals surface area contributed by atoms with Gasteiger partial charge in [0.2, 0.25) is 11.7 Å². The fourth-order valence-electron chi connectivity index (χ4n) is 4.11. The number of fused-ring (bicyclic) bond motifs is 3. The zero-order valence-corrected chi connectivity index (χ0v) is 18.1. The van der Waals surface area contributed by atoms with Crippen LogP contribution < -0.4 is 16.8 Å². The lowest BCUT2D eigenvalue weighted by molar-refractivity contribution is 0.435. The lowest BCUT2D eigenvalue weighted by atomic mass is 10.1. The quantitative estimate of drug-likeness (QED) is 0.452. The van der Waals surface area contributed by atoms with E-state index in [9.17, 15) is 19.5 Å². The summed E-state index contributed by atoms with van der Waals surface area (Å²) in [5, 5.41) is 11.2. The molecule has 33 heavy (non-hydrogen) atoms. The van der Waals surface area contributed by atoms with Crippen molar-refractivity contribution in [1.29, 1.82) is 0 Å². The molecule has 0 saturated heterocycles. The summed E-state index contributed by atoms with van der Waals surface area (Å²) < 4.78 is 4.90. The normalized spacial score (nSPS) is 11.5. The molecule has 0 unspecified atom stereocenters. The van der Waals surface area contributed by atoms with Crippen LogP contribution in [0.1, 0.15) is 16.7 Å². The SMILES string of the molecule is Cn1c(=O)c2c(nc3n(Cc4ccccc4)c(=O)c(Cc4ccccc4)c(O)n23)n(C)c1=O. The number of nitrogens with zero attached hydrogens (tertiary/aromatic N) is 5. The number of benzene rings is 2. The van der Waals surface area contributed by atoms with Crippen molar-refractivity contribution in [3.8, 4) is 5.88 Å². The van der Waals surface area contributed by atoms with Crippen LogP contribution in [0.4, 0.5) is 0 Å². The van der Waals surface area contributed by atoms with Gasteiger partial charge in [0.1, 0.15) is 0 Å². The highest BCUT2D eigenvalue weighted by molar-refractivity contribution is 5.76. The number of rotatable bonds is 4.